The summed E-state index contributed by atoms with van der Waals surface area (Å²) in [5.74, 6) is 0.448. The third kappa shape index (κ3) is 4.20. The fourth-order valence-electron chi connectivity index (χ4n) is 8.80. The largest absolute Gasteiger partial charge is 0.456 e. The Morgan fingerprint density at radius 1 is 0.538 bits per heavy atom. The first-order valence-corrected chi connectivity index (χ1v) is 18.2. The lowest BCUT2D eigenvalue weighted by Crippen LogP contribution is -2.32. The van der Waals surface area contributed by atoms with E-state index in [0.717, 1.165) is 45.4 Å². The highest BCUT2D eigenvalue weighted by molar-refractivity contribution is 6.25. The Bertz CT molecular complexity index is 3190. The molecule has 8 aromatic carbocycles. The zero-order valence-electron chi connectivity index (χ0n) is 28.8. The van der Waals surface area contributed by atoms with Crippen LogP contribution in [0.1, 0.15) is 13.3 Å². The third-order valence-corrected chi connectivity index (χ3v) is 11.0. The molecule has 2 aromatic heterocycles. The molecular formula is C49H34N2O. The zero-order chi connectivity index (χ0) is 34.3. The van der Waals surface area contributed by atoms with Crippen LogP contribution in [0.15, 0.2) is 162 Å². The normalized spacial score (nSPS) is 14.3. The molecule has 10 aromatic rings. The van der Waals surface area contributed by atoms with E-state index in [1.54, 1.807) is 0 Å². The van der Waals surface area contributed by atoms with Crippen LogP contribution in [-0.4, -0.2) is 4.57 Å². The predicted molar refractivity (Wildman–Crippen MR) is 220 cm³/mol. The summed E-state index contributed by atoms with van der Waals surface area (Å²) in [6, 6.07) is 57.2. The smallest absolute Gasteiger partial charge is 0.137 e. The maximum absolute atomic E-state index is 6.53. The van der Waals surface area contributed by atoms with Crippen molar-refractivity contribution in [3.05, 3.63) is 168 Å². The number of rotatable bonds is 4. The Balaban J connectivity index is 1.33. The number of anilines is 3. The van der Waals surface area contributed by atoms with Gasteiger partial charge in [-0.2, -0.15) is 0 Å². The Labute approximate surface area is 300 Å². The summed E-state index contributed by atoms with van der Waals surface area (Å²) in [6.07, 6.45) is 5.92. The van der Waals surface area contributed by atoms with Gasteiger partial charge in [0.25, 0.3) is 0 Å². The maximum Gasteiger partial charge on any atom is 0.137 e. The molecule has 0 amide bonds. The first kappa shape index (κ1) is 29.2. The minimum atomic E-state index is 0.448. The molecule has 246 valence electrons. The van der Waals surface area contributed by atoms with Crippen molar-refractivity contribution in [1.29, 1.82) is 0 Å². The molecule has 0 spiro atoms. The lowest BCUT2D eigenvalue weighted by atomic mass is 9.94. The number of nitrogens with zero attached hydrogens (tertiary/aromatic N) is 2. The van der Waals surface area contributed by atoms with E-state index in [1.165, 1.54) is 59.5 Å². The van der Waals surface area contributed by atoms with Gasteiger partial charge in [0.05, 0.1) is 33.3 Å². The van der Waals surface area contributed by atoms with Crippen LogP contribution < -0.4 is 15.5 Å². The Morgan fingerprint density at radius 3 is 2.08 bits per heavy atom. The van der Waals surface area contributed by atoms with Crippen LogP contribution in [0.5, 0.6) is 0 Å². The van der Waals surface area contributed by atoms with E-state index in [2.05, 4.69) is 186 Å². The average molecular weight is 667 g/mol. The van der Waals surface area contributed by atoms with E-state index in [9.17, 15) is 0 Å². The van der Waals surface area contributed by atoms with Crippen molar-refractivity contribution >= 4 is 94.4 Å². The highest BCUT2D eigenvalue weighted by Crippen LogP contribution is 2.48. The molecule has 0 N–H and O–H groups in total. The molecule has 0 saturated heterocycles. The van der Waals surface area contributed by atoms with Gasteiger partial charge >= 0.3 is 0 Å². The zero-order valence-corrected chi connectivity index (χ0v) is 28.8. The van der Waals surface area contributed by atoms with Gasteiger partial charge in [0.1, 0.15) is 11.2 Å². The molecule has 0 fully saturated rings. The van der Waals surface area contributed by atoms with Crippen LogP contribution >= 0.6 is 0 Å². The highest BCUT2D eigenvalue weighted by Gasteiger charge is 2.26. The second-order valence-corrected chi connectivity index (χ2v) is 14.1. The molecule has 2 heterocycles. The molecule has 3 nitrogen and oxygen atoms in total. The van der Waals surface area contributed by atoms with Crippen molar-refractivity contribution in [3.63, 3.8) is 0 Å². The Kier molecular flexibility index (Phi) is 6.29. The van der Waals surface area contributed by atoms with E-state index in [-0.39, 0.29) is 0 Å². The van der Waals surface area contributed by atoms with Crippen molar-refractivity contribution in [1.82, 2.24) is 4.57 Å². The summed E-state index contributed by atoms with van der Waals surface area (Å²) >= 11 is 0. The molecular weight excluding hydrogens is 633 g/mol. The van der Waals surface area contributed by atoms with E-state index >= 15 is 0 Å². The fraction of sp³-hybridized carbons (Fsp3) is 0.0612. The summed E-state index contributed by atoms with van der Waals surface area (Å²) in [6.45, 7) is 2.31. The van der Waals surface area contributed by atoms with Gasteiger partial charge in [0, 0.05) is 27.1 Å². The first-order valence-electron chi connectivity index (χ1n) is 18.2. The highest BCUT2D eigenvalue weighted by atomic mass is 16.3. The summed E-state index contributed by atoms with van der Waals surface area (Å²) < 4.78 is 8.99. The van der Waals surface area contributed by atoms with Gasteiger partial charge in [0.2, 0.25) is 0 Å². The van der Waals surface area contributed by atoms with Crippen LogP contribution in [0.4, 0.5) is 17.1 Å². The molecule has 0 bridgehead atoms. The van der Waals surface area contributed by atoms with Crippen molar-refractivity contribution in [2.24, 2.45) is 5.92 Å². The number of fused-ring (bicyclic) bond motifs is 11. The van der Waals surface area contributed by atoms with E-state index < -0.39 is 0 Å². The minimum Gasteiger partial charge on any atom is -0.456 e. The Hall–Kier alpha value is -6.58. The molecule has 11 rings (SSSR count). The molecule has 3 heteroatoms. The van der Waals surface area contributed by atoms with Gasteiger partial charge < -0.3 is 13.9 Å². The molecule has 0 aliphatic heterocycles. The summed E-state index contributed by atoms with van der Waals surface area (Å²) in [4.78, 5) is 2.52. The van der Waals surface area contributed by atoms with Crippen LogP contribution in [0.25, 0.3) is 83.0 Å². The summed E-state index contributed by atoms with van der Waals surface area (Å²) in [5, 5.41) is 13.5. The number of benzene rings is 8. The van der Waals surface area contributed by atoms with Crippen molar-refractivity contribution < 1.29 is 4.42 Å². The topological polar surface area (TPSA) is 21.3 Å². The SMILES string of the molecule is CC1C=c2c(c3c(N(c4cc5ccc6ccccc6c5c5ccccc45)c4cccc5oc6ccccc6c45)cccc3n2-c2ccccc2)=CC1. The minimum absolute atomic E-state index is 0.448. The van der Waals surface area contributed by atoms with E-state index in [1.807, 2.05) is 0 Å². The molecule has 0 radical (unpaired) electrons. The number of para-hydroxylation sites is 2. The predicted octanol–water partition coefficient (Wildman–Crippen LogP) is 12.1. The van der Waals surface area contributed by atoms with Gasteiger partial charge in [-0.15, -0.1) is 0 Å². The van der Waals surface area contributed by atoms with Crippen LogP contribution in [0, 0.1) is 5.92 Å². The third-order valence-electron chi connectivity index (χ3n) is 11.0. The fourth-order valence-corrected chi connectivity index (χ4v) is 8.80. The number of hydrogen-bond donors (Lipinski definition) is 0. The van der Waals surface area contributed by atoms with Crippen LogP contribution in [0.2, 0.25) is 0 Å². The monoisotopic (exact) mass is 666 g/mol. The molecule has 1 atom stereocenters. The number of aromatic nitrogens is 1. The van der Waals surface area contributed by atoms with Crippen molar-refractivity contribution in [3.8, 4) is 5.69 Å². The lowest BCUT2D eigenvalue weighted by molar-refractivity contribution is 0.669. The van der Waals surface area contributed by atoms with Crippen molar-refractivity contribution in [2.75, 3.05) is 4.90 Å². The van der Waals surface area contributed by atoms with Gasteiger partial charge in [-0.05, 0) is 87.8 Å². The van der Waals surface area contributed by atoms with Gasteiger partial charge in [-0.1, -0.05) is 128 Å². The van der Waals surface area contributed by atoms with Gasteiger partial charge in [-0.25, -0.2) is 0 Å². The standard InChI is InChI=1S/C49H34N2O/c1-31-25-28-38-43(29-31)50(34-14-3-2-4-15-34)40-20-11-21-41(48(38)40)51(42-22-12-24-46-49(42)39-19-9-10-23-45(39)52-46)44-30-33-27-26-32-13-5-6-16-35(32)47(33)37-18-8-7-17-36(37)44/h2-24,26-31H,25H2,1H3. The summed E-state index contributed by atoms with van der Waals surface area (Å²) in [7, 11) is 0. The number of furan rings is 1. The van der Waals surface area contributed by atoms with E-state index in [0.29, 0.717) is 5.92 Å². The first-order chi connectivity index (χ1) is 25.7. The van der Waals surface area contributed by atoms with Crippen molar-refractivity contribution in [2.45, 2.75) is 13.3 Å². The molecule has 1 aliphatic carbocycles. The van der Waals surface area contributed by atoms with Gasteiger partial charge in [-0.3, -0.25) is 0 Å². The second kappa shape index (κ2) is 11.2. The van der Waals surface area contributed by atoms with Crippen LogP contribution in [0.3, 0.4) is 0 Å². The van der Waals surface area contributed by atoms with Gasteiger partial charge in [0.15, 0.2) is 0 Å². The molecule has 1 aliphatic rings. The second-order valence-electron chi connectivity index (χ2n) is 14.1. The maximum atomic E-state index is 6.53. The summed E-state index contributed by atoms with van der Waals surface area (Å²) in [5.41, 5.74) is 7.51. The Morgan fingerprint density at radius 2 is 1.21 bits per heavy atom. The quantitative estimate of drug-likeness (QED) is 0.174. The molecule has 1 unspecified atom stereocenters. The molecule has 52 heavy (non-hydrogen) atoms. The van der Waals surface area contributed by atoms with Crippen LogP contribution in [-0.2, 0) is 0 Å². The molecule has 0 saturated carbocycles. The van der Waals surface area contributed by atoms with E-state index in [4.69, 9.17) is 4.42 Å². The average Bonchev–Trinajstić information content (AvgIpc) is 3.74. The number of hydrogen-bond acceptors (Lipinski definition) is 2. The lowest BCUT2D eigenvalue weighted by Gasteiger charge is -2.29.